The number of nitrogens with one attached hydrogen (secondary N) is 1. The van der Waals surface area contributed by atoms with Crippen LogP contribution in [0.2, 0.25) is 0 Å². The fourth-order valence-corrected chi connectivity index (χ4v) is 3.66. The minimum absolute atomic E-state index is 0.0114. The number of benzene rings is 2. The second kappa shape index (κ2) is 9.24. The van der Waals surface area contributed by atoms with Crippen molar-refractivity contribution in [1.82, 2.24) is 4.90 Å². The lowest BCUT2D eigenvalue weighted by molar-refractivity contribution is -0.118. The summed E-state index contributed by atoms with van der Waals surface area (Å²) < 4.78 is 5.75. The molecule has 28 heavy (non-hydrogen) atoms. The van der Waals surface area contributed by atoms with Gasteiger partial charge in [0.25, 0.3) is 5.91 Å². The maximum Gasteiger partial charge on any atom is 0.262 e. The zero-order valence-electron chi connectivity index (χ0n) is 17.5. The van der Waals surface area contributed by atoms with E-state index in [2.05, 4.69) is 42.3 Å². The SMILES string of the molecule is Cc1cc(C)c(C)c(OCC(=O)Nc2ccc(CN3CCC(C)CC3)cc2)c1. The number of hydrogen-bond acceptors (Lipinski definition) is 3. The quantitative estimate of drug-likeness (QED) is 0.778. The predicted molar refractivity (Wildman–Crippen MR) is 115 cm³/mol. The highest BCUT2D eigenvalue weighted by Crippen LogP contribution is 2.23. The molecular weight excluding hydrogens is 348 g/mol. The first kappa shape index (κ1) is 20.4. The summed E-state index contributed by atoms with van der Waals surface area (Å²) in [6.45, 7) is 11.8. The highest BCUT2D eigenvalue weighted by atomic mass is 16.5. The fraction of sp³-hybridized carbons (Fsp3) is 0.458. The fourth-order valence-electron chi connectivity index (χ4n) is 3.66. The van der Waals surface area contributed by atoms with Gasteiger partial charge in [-0.15, -0.1) is 0 Å². The molecule has 0 atom stereocenters. The number of amides is 1. The summed E-state index contributed by atoms with van der Waals surface area (Å²) in [5, 5.41) is 2.92. The number of piperidine rings is 1. The molecule has 0 aromatic heterocycles. The van der Waals surface area contributed by atoms with Crippen LogP contribution < -0.4 is 10.1 Å². The Morgan fingerprint density at radius 2 is 1.79 bits per heavy atom. The molecule has 1 aliphatic heterocycles. The molecule has 1 N–H and O–H groups in total. The van der Waals surface area contributed by atoms with E-state index in [9.17, 15) is 4.79 Å². The molecule has 0 aliphatic carbocycles. The Balaban J connectivity index is 1.49. The van der Waals surface area contributed by atoms with Crippen LogP contribution in [0.4, 0.5) is 5.69 Å². The maximum absolute atomic E-state index is 12.3. The van der Waals surface area contributed by atoms with Crippen LogP contribution in [-0.2, 0) is 11.3 Å². The molecule has 0 radical (unpaired) electrons. The molecule has 150 valence electrons. The van der Waals surface area contributed by atoms with Crippen LogP contribution in [0.1, 0.15) is 42.0 Å². The van der Waals surface area contributed by atoms with Crippen LogP contribution in [0.5, 0.6) is 5.75 Å². The van der Waals surface area contributed by atoms with Crippen LogP contribution in [0.15, 0.2) is 36.4 Å². The summed E-state index contributed by atoms with van der Waals surface area (Å²) in [6.07, 6.45) is 2.57. The predicted octanol–water partition coefficient (Wildman–Crippen LogP) is 4.86. The first-order valence-electron chi connectivity index (χ1n) is 10.2. The Morgan fingerprint density at radius 1 is 1.11 bits per heavy atom. The van der Waals surface area contributed by atoms with Crippen molar-refractivity contribution in [3.8, 4) is 5.75 Å². The first-order chi connectivity index (χ1) is 13.4. The van der Waals surface area contributed by atoms with Crippen LogP contribution in [0, 0.1) is 26.7 Å². The molecule has 1 amide bonds. The van der Waals surface area contributed by atoms with Crippen molar-refractivity contribution in [2.75, 3.05) is 25.0 Å². The largest absolute Gasteiger partial charge is 0.483 e. The van der Waals surface area contributed by atoms with E-state index in [4.69, 9.17) is 4.74 Å². The molecule has 0 unspecified atom stereocenters. The zero-order chi connectivity index (χ0) is 20.1. The van der Waals surface area contributed by atoms with Gasteiger partial charge in [-0.2, -0.15) is 0 Å². The van der Waals surface area contributed by atoms with Gasteiger partial charge in [0.1, 0.15) is 5.75 Å². The molecule has 4 nitrogen and oxygen atoms in total. The van der Waals surface area contributed by atoms with Crippen LogP contribution in [0.25, 0.3) is 0 Å². The van der Waals surface area contributed by atoms with Crippen LogP contribution in [-0.4, -0.2) is 30.5 Å². The normalized spacial score (nSPS) is 15.4. The lowest BCUT2D eigenvalue weighted by Gasteiger charge is -2.30. The summed E-state index contributed by atoms with van der Waals surface area (Å²) >= 11 is 0. The average Bonchev–Trinajstić information content (AvgIpc) is 2.67. The van der Waals surface area contributed by atoms with Gasteiger partial charge in [0.2, 0.25) is 0 Å². The third kappa shape index (κ3) is 5.59. The van der Waals surface area contributed by atoms with Crippen molar-refractivity contribution in [2.45, 2.75) is 47.1 Å². The lowest BCUT2D eigenvalue weighted by atomic mass is 9.99. The van der Waals surface area contributed by atoms with E-state index < -0.39 is 0 Å². The molecule has 3 rings (SSSR count). The van der Waals surface area contributed by atoms with Crippen molar-refractivity contribution < 1.29 is 9.53 Å². The van der Waals surface area contributed by atoms with Gasteiger partial charge in [-0.1, -0.05) is 25.1 Å². The van der Waals surface area contributed by atoms with Crippen molar-refractivity contribution in [3.63, 3.8) is 0 Å². The molecule has 0 saturated carbocycles. The Morgan fingerprint density at radius 3 is 2.46 bits per heavy atom. The Hall–Kier alpha value is -2.33. The number of rotatable bonds is 6. The van der Waals surface area contributed by atoms with Crippen molar-refractivity contribution in [3.05, 3.63) is 58.7 Å². The Bertz CT molecular complexity index is 806. The van der Waals surface area contributed by atoms with Crippen molar-refractivity contribution in [1.29, 1.82) is 0 Å². The molecule has 1 fully saturated rings. The van der Waals surface area contributed by atoms with Gasteiger partial charge in [0.05, 0.1) is 0 Å². The van der Waals surface area contributed by atoms with Crippen LogP contribution in [0.3, 0.4) is 0 Å². The molecule has 1 aliphatic rings. The number of carbonyl (C=O) groups excluding carboxylic acids is 1. The minimum Gasteiger partial charge on any atom is -0.483 e. The van der Waals surface area contributed by atoms with Crippen LogP contribution >= 0.6 is 0 Å². The van der Waals surface area contributed by atoms with Gasteiger partial charge in [-0.3, -0.25) is 9.69 Å². The summed E-state index contributed by atoms with van der Waals surface area (Å²) in [6, 6.07) is 12.2. The Labute approximate surface area is 168 Å². The lowest BCUT2D eigenvalue weighted by Crippen LogP contribution is -2.32. The summed E-state index contributed by atoms with van der Waals surface area (Å²) in [5.41, 5.74) is 5.48. The second-order valence-corrected chi connectivity index (χ2v) is 8.20. The van der Waals surface area contributed by atoms with Gasteiger partial charge < -0.3 is 10.1 Å². The molecular formula is C24H32N2O2. The molecule has 2 aromatic rings. The Kier molecular flexibility index (Phi) is 6.74. The van der Waals surface area contributed by atoms with E-state index in [0.717, 1.165) is 35.0 Å². The van der Waals surface area contributed by atoms with E-state index in [1.807, 2.05) is 32.0 Å². The zero-order valence-corrected chi connectivity index (χ0v) is 17.5. The molecule has 0 bridgehead atoms. The number of carbonyl (C=O) groups is 1. The van der Waals surface area contributed by atoms with Gasteiger partial charge in [0, 0.05) is 12.2 Å². The number of hydrogen-bond donors (Lipinski definition) is 1. The highest BCUT2D eigenvalue weighted by Gasteiger charge is 2.15. The standard InChI is InChI=1S/C24H32N2O2/c1-17-9-11-26(12-10-17)15-21-5-7-22(8-6-21)25-24(27)16-28-23-14-18(2)13-19(3)20(23)4/h5-8,13-14,17H,9-12,15-16H2,1-4H3,(H,25,27). The van der Waals surface area contributed by atoms with E-state index >= 15 is 0 Å². The first-order valence-corrected chi connectivity index (χ1v) is 10.2. The number of ether oxygens (including phenoxy) is 1. The number of nitrogens with zero attached hydrogens (tertiary/aromatic N) is 1. The summed E-state index contributed by atoms with van der Waals surface area (Å²) in [4.78, 5) is 14.8. The van der Waals surface area contributed by atoms with Gasteiger partial charge in [-0.05, 0) is 93.1 Å². The minimum atomic E-state index is -0.142. The molecule has 0 spiro atoms. The van der Waals surface area contributed by atoms with E-state index in [-0.39, 0.29) is 12.5 Å². The van der Waals surface area contributed by atoms with Gasteiger partial charge in [0.15, 0.2) is 6.61 Å². The topological polar surface area (TPSA) is 41.6 Å². The third-order valence-corrected chi connectivity index (χ3v) is 5.64. The van der Waals surface area contributed by atoms with Crippen molar-refractivity contribution in [2.24, 2.45) is 5.92 Å². The monoisotopic (exact) mass is 380 g/mol. The number of aryl methyl sites for hydroxylation is 2. The van der Waals surface area contributed by atoms with Gasteiger partial charge in [-0.25, -0.2) is 0 Å². The number of likely N-dealkylation sites (tertiary alicyclic amines) is 1. The molecule has 4 heteroatoms. The summed E-state index contributed by atoms with van der Waals surface area (Å²) in [5.74, 6) is 1.48. The van der Waals surface area contributed by atoms with E-state index in [0.29, 0.717) is 0 Å². The average molecular weight is 381 g/mol. The van der Waals surface area contributed by atoms with Crippen molar-refractivity contribution >= 4 is 11.6 Å². The van der Waals surface area contributed by atoms with Gasteiger partial charge >= 0.3 is 0 Å². The third-order valence-electron chi connectivity index (χ3n) is 5.64. The van der Waals surface area contributed by atoms with E-state index in [1.165, 1.54) is 37.1 Å². The molecule has 2 aromatic carbocycles. The molecule has 1 heterocycles. The van der Waals surface area contributed by atoms with E-state index in [1.54, 1.807) is 0 Å². The summed E-state index contributed by atoms with van der Waals surface area (Å²) in [7, 11) is 0. The smallest absolute Gasteiger partial charge is 0.262 e. The maximum atomic E-state index is 12.3. The second-order valence-electron chi connectivity index (χ2n) is 8.20. The number of anilines is 1. The highest BCUT2D eigenvalue weighted by molar-refractivity contribution is 5.91. The molecule has 1 saturated heterocycles.